The third-order valence-electron chi connectivity index (χ3n) is 1.03. The molecule has 1 heterocycles. The summed E-state index contributed by atoms with van der Waals surface area (Å²) in [4.78, 5) is 20.1. The van der Waals surface area contributed by atoms with E-state index in [1.54, 1.807) is 13.0 Å². The molecule has 52 valence electrons. The molecule has 0 saturated carbocycles. The van der Waals surface area contributed by atoms with Crippen LogP contribution in [0.1, 0.15) is 16.3 Å². The van der Waals surface area contributed by atoms with Gasteiger partial charge in [0.2, 0.25) is 0 Å². The van der Waals surface area contributed by atoms with Crippen LogP contribution in [0.3, 0.4) is 0 Å². The minimum Gasteiger partial charge on any atom is -0.456 e. The Morgan fingerprint density at radius 3 is 2.70 bits per heavy atom. The second kappa shape index (κ2) is 2.43. The van der Waals surface area contributed by atoms with E-state index in [1.165, 1.54) is 6.07 Å². The zero-order valence-electron chi connectivity index (χ0n) is 5.33. The first-order valence-corrected chi connectivity index (χ1v) is 2.68. The predicted octanol–water partition coefficient (Wildman–Crippen LogP) is 1.49. The van der Waals surface area contributed by atoms with Gasteiger partial charge < -0.3 is 4.42 Å². The van der Waals surface area contributed by atoms with Crippen LogP contribution in [0.2, 0.25) is 0 Å². The molecule has 1 rings (SSSR count). The Morgan fingerprint density at radius 1 is 1.60 bits per heavy atom. The molecule has 10 heavy (non-hydrogen) atoms. The minimum atomic E-state index is -0.867. The zero-order valence-corrected chi connectivity index (χ0v) is 5.33. The number of amides is 1. The molecule has 0 aliphatic carbocycles. The number of carbonyl (C=O) groups excluding carboxylic acids is 1. The van der Waals surface area contributed by atoms with Crippen molar-refractivity contribution in [1.82, 2.24) is 0 Å². The molecule has 1 amide bonds. The van der Waals surface area contributed by atoms with Crippen molar-refractivity contribution in [3.63, 3.8) is 0 Å². The zero-order chi connectivity index (χ0) is 7.56. The van der Waals surface area contributed by atoms with Gasteiger partial charge in [0, 0.05) is 5.18 Å². The average Bonchev–Trinajstić information content (AvgIpc) is 2.34. The fraction of sp³-hybridized carbons (Fsp3) is 0.167. The Kier molecular flexibility index (Phi) is 1.62. The topological polar surface area (TPSA) is 59.6 Å². The number of aryl methyl sites for hydroxylation is 1. The highest BCUT2D eigenvalue weighted by molar-refractivity contribution is 5.91. The Balaban J connectivity index is 2.95. The molecule has 0 bridgehead atoms. The average molecular weight is 139 g/mol. The smallest absolute Gasteiger partial charge is 0.351 e. The second-order valence-corrected chi connectivity index (χ2v) is 1.81. The van der Waals surface area contributed by atoms with Gasteiger partial charge in [-0.05, 0) is 19.1 Å². The lowest BCUT2D eigenvalue weighted by molar-refractivity contribution is 0.0973. The van der Waals surface area contributed by atoms with E-state index < -0.39 is 5.91 Å². The summed E-state index contributed by atoms with van der Waals surface area (Å²) in [6, 6.07) is 3.01. The quantitative estimate of drug-likeness (QED) is 0.554. The van der Waals surface area contributed by atoms with Crippen LogP contribution in [0.4, 0.5) is 0 Å². The van der Waals surface area contributed by atoms with E-state index in [4.69, 9.17) is 4.42 Å². The van der Waals surface area contributed by atoms with Gasteiger partial charge in [-0.15, -0.1) is 4.91 Å². The van der Waals surface area contributed by atoms with Crippen LogP contribution in [0.5, 0.6) is 0 Å². The van der Waals surface area contributed by atoms with Gasteiger partial charge in [-0.25, -0.2) is 0 Å². The standard InChI is InChI=1S/C6H5NO3/c1-4-2-3-5(10-4)6(8)7-9/h2-3H,1H3. The highest BCUT2D eigenvalue weighted by Crippen LogP contribution is 2.06. The molecule has 1 aromatic heterocycles. The van der Waals surface area contributed by atoms with Gasteiger partial charge in [-0.2, -0.15) is 0 Å². The van der Waals surface area contributed by atoms with Crippen molar-refractivity contribution >= 4 is 5.91 Å². The van der Waals surface area contributed by atoms with Crippen molar-refractivity contribution in [2.45, 2.75) is 6.92 Å². The van der Waals surface area contributed by atoms with Crippen molar-refractivity contribution in [3.05, 3.63) is 28.6 Å². The molecule has 0 fully saturated rings. The first-order chi connectivity index (χ1) is 4.74. The lowest BCUT2D eigenvalue weighted by Crippen LogP contribution is -1.88. The summed E-state index contributed by atoms with van der Waals surface area (Å²) >= 11 is 0. The number of furan rings is 1. The molecule has 0 radical (unpaired) electrons. The lowest BCUT2D eigenvalue weighted by Gasteiger charge is -1.81. The molecule has 0 aliphatic heterocycles. The van der Waals surface area contributed by atoms with Gasteiger partial charge in [0.1, 0.15) is 5.76 Å². The fourth-order valence-electron chi connectivity index (χ4n) is 0.594. The van der Waals surface area contributed by atoms with E-state index in [2.05, 4.69) is 5.18 Å². The molecule has 0 aromatic carbocycles. The maximum Gasteiger partial charge on any atom is 0.351 e. The van der Waals surface area contributed by atoms with E-state index in [0.717, 1.165) is 0 Å². The van der Waals surface area contributed by atoms with Crippen LogP contribution < -0.4 is 0 Å². The number of rotatable bonds is 1. The molecular formula is C6H5NO3. The van der Waals surface area contributed by atoms with E-state index in [-0.39, 0.29) is 5.76 Å². The summed E-state index contributed by atoms with van der Waals surface area (Å²) in [5.41, 5.74) is 0. The Labute approximate surface area is 56.8 Å². The van der Waals surface area contributed by atoms with E-state index in [1.807, 2.05) is 0 Å². The van der Waals surface area contributed by atoms with Gasteiger partial charge in [-0.3, -0.25) is 4.79 Å². The van der Waals surface area contributed by atoms with Crippen molar-refractivity contribution in [2.24, 2.45) is 5.18 Å². The van der Waals surface area contributed by atoms with Crippen LogP contribution in [-0.2, 0) is 0 Å². The Bertz CT molecular complexity index is 264. The number of carbonyl (C=O) groups is 1. The van der Waals surface area contributed by atoms with Crippen LogP contribution in [0, 0.1) is 11.8 Å². The largest absolute Gasteiger partial charge is 0.456 e. The first-order valence-electron chi connectivity index (χ1n) is 2.68. The number of hydrogen-bond donors (Lipinski definition) is 0. The maximum absolute atomic E-state index is 10.5. The van der Waals surface area contributed by atoms with Crippen LogP contribution in [0.15, 0.2) is 21.7 Å². The SMILES string of the molecule is Cc1ccc(C(=O)N=O)o1. The van der Waals surface area contributed by atoms with Crippen molar-refractivity contribution < 1.29 is 9.21 Å². The molecule has 4 heteroatoms. The fourth-order valence-corrected chi connectivity index (χ4v) is 0.594. The van der Waals surface area contributed by atoms with Gasteiger partial charge in [0.15, 0.2) is 5.76 Å². The van der Waals surface area contributed by atoms with Gasteiger partial charge in [0.25, 0.3) is 0 Å². The molecule has 4 nitrogen and oxygen atoms in total. The van der Waals surface area contributed by atoms with E-state index in [0.29, 0.717) is 5.76 Å². The normalized spacial score (nSPS) is 9.30. The summed E-state index contributed by atoms with van der Waals surface area (Å²) in [7, 11) is 0. The minimum absolute atomic E-state index is 0.00694. The van der Waals surface area contributed by atoms with Crippen molar-refractivity contribution in [1.29, 1.82) is 0 Å². The molecule has 0 aliphatic rings. The number of nitroso groups, excluding NO2 is 1. The van der Waals surface area contributed by atoms with Crippen LogP contribution >= 0.6 is 0 Å². The third kappa shape index (κ3) is 1.10. The Hall–Kier alpha value is -1.45. The molecule has 0 spiro atoms. The van der Waals surface area contributed by atoms with Gasteiger partial charge >= 0.3 is 5.91 Å². The molecule has 1 aromatic rings. The molecule has 0 unspecified atom stereocenters. The van der Waals surface area contributed by atoms with Crippen molar-refractivity contribution in [2.75, 3.05) is 0 Å². The number of nitrogens with zero attached hydrogens (tertiary/aromatic N) is 1. The van der Waals surface area contributed by atoms with Gasteiger partial charge in [-0.1, -0.05) is 0 Å². The van der Waals surface area contributed by atoms with E-state index in [9.17, 15) is 9.70 Å². The first kappa shape index (κ1) is 6.67. The predicted molar refractivity (Wildman–Crippen MR) is 33.6 cm³/mol. The van der Waals surface area contributed by atoms with Gasteiger partial charge in [0.05, 0.1) is 0 Å². The van der Waals surface area contributed by atoms with E-state index >= 15 is 0 Å². The Morgan fingerprint density at radius 2 is 2.30 bits per heavy atom. The highest BCUT2D eigenvalue weighted by Gasteiger charge is 2.08. The molecule has 0 atom stereocenters. The summed E-state index contributed by atoms with van der Waals surface area (Å²) in [6.07, 6.45) is 0. The third-order valence-corrected chi connectivity index (χ3v) is 1.03. The summed E-state index contributed by atoms with van der Waals surface area (Å²) in [5.74, 6) is -0.285. The summed E-state index contributed by atoms with van der Waals surface area (Å²) in [6.45, 7) is 1.68. The maximum atomic E-state index is 10.5. The number of hydrogen-bond acceptors (Lipinski definition) is 3. The summed E-state index contributed by atoms with van der Waals surface area (Å²) < 4.78 is 4.79. The highest BCUT2D eigenvalue weighted by atomic mass is 16.4. The lowest BCUT2D eigenvalue weighted by atomic mass is 10.4. The van der Waals surface area contributed by atoms with Crippen molar-refractivity contribution in [3.8, 4) is 0 Å². The molecule has 0 saturated heterocycles. The summed E-state index contributed by atoms with van der Waals surface area (Å²) in [5, 5.41) is 2.19. The molecular weight excluding hydrogens is 134 g/mol. The van der Waals surface area contributed by atoms with Crippen LogP contribution in [0.25, 0.3) is 0 Å². The molecule has 0 N–H and O–H groups in total. The second-order valence-electron chi connectivity index (χ2n) is 1.81. The monoisotopic (exact) mass is 139 g/mol. The van der Waals surface area contributed by atoms with Crippen LogP contribution in [-0.4, -0.2) is 5.91 Å².